The van der Waals surface area contributed by atoms with Crippen LogP contribution >= 0.6 is 15.9 Å². The predicted molar refractivity (Wildman–Crippen MR) is 99.2 cm³/mol. The van der Waals surface area contributed by atoms with Crippen LogP contribution in [0.4, 0.5) is 5.95 Å². The van der Waals surface area contributed by atoms with Crippen molar-refractivity contribution < 1.29 is 0 Å². The van der Waals surface area contributed by atoms with Gasteiger partial charge in [-0.05, 0) is 54.7 Å². The van der Waals surface area contributed by atoms with Crippen LogP contribution in [0.25, 0.3) is 0 Å². The molecule has 0 aliphatic carbocycles. The molecule has 2 aromatic carbocycles. The number of aromatic nitrogens is 3. The Labute approximate surface area is 150 Å². The summed E-state index contributed by atoms with van der Waals surface area (Å²) in [5.74, 6) is 0.831. The molecule has 0 spiro atoms. The zero-order chi connectivity index (χ0) is 16.7. The number of aryl methyl sites for hydroxylation is 2. The molecule has 3 aromatic rings. The van der Waals surface area contributed by atoms with E-state index >= 15 is 0 Å². The van der Waals surface area contributed by atoms with Crippen LogP contribution in [-0.2, 0) is 0 Å². The average Bonchev–Trinajstić information content (AvgIpc) is 3.06. The summed E-state index contributed by atoms with van der Waals surface area (Å²) in [4.78, 5) is 4.40. The highest BCUT2D eigenvalue weighted by Crippen LogP contribution is 2.37. The fourth-order valence-electron chi connectivity index (χ4n) is 3.28. The van der Waals surface area contributed by atoms with Crippen LogP contribution in [0.15, 0.2) is 53.3 Å². The van der Waals surface area contributed by atoms with E-state index in [4.69, 9.17) is 0 Å². The van der Waals surface area contributed by atoms with Gasteiger partial charge in [-0.15, -0.1) is 0 Å². The first-order valence-corrected chi connectivity index (χ1v) is 8.90. The first-order chi connectivity index (χ1) is 11.6. The fourth-order valence-corrected chi connectivity index (χ4v) is 3.55. The maximum atomic E-state index is 4.43. The van der Waals surface area contributed by atoms with Crippen LogP contribution in [0.2, 0.25) is 0 Å². The molecule has 4 rings (SSSR count). The van der Waals surface area contributed by atoms with Gasteiger partial charge in [-0.25, -0.2) is 4.68 Å². The number of nitrogens with one attached hydrogen (secondary N) is 1. The lowest BCUT2D eigenvalue weighted by molar-refractivity contribution is 0.430. The number of anilines is 1. The van der Waals surface area contributed by atoms with E-state index < -0.39 is 0 Å². The van der Waals surface area contributed by atoms with Crippen molar-refractivity contribution in [2.24, 2.45) is 0 Å². The number of fused-ring (bicyclic) bond motifs is 1. The molecule has 2 atom stereocenters. The lowest BCUT2D eigenvalue weighted by Crippen LogP contribution is -2.28. The van der Waals surface area contributed by atoms with Crippen LogP contribution in [0.1, 0.15) is 40.8 Å². The SMILES string of the molecule is Cc1ccc([C@@H]2C[C@@H](c3ccc(Br)cc3)n3ncnc3N2)cc1C. The van der Waals surface area contributed by atoms with E-state index in [-0.39, 0.29) is 12.1 Å². The molecular weight excluding hydrogens is 364 g/mol. The summed E-state index contributed by atoms with van der Waals surface area (Å²) in [6, 6.07) is 15.6. The first-order valence-electron chi connectivity index (χ1n) is 8.10. The van der Waals surface area contributed by atoms with Crippen molar-refractivity contribution in [1.82, 2.24) is 14.8 Å². The quantitative estimate of drug-likeness (QED) is 0.691. The molecule has 0 bridgehead atoms. The standard InChI is InChI=1S/C19H19BrN4/c1-12-3-4-15(9-13(12)2)17-10-18(14-5-7-16(20)8-6-14)24-19(23-17)21-11-22-24/h3-9,11,17-18H,10H2,1-2H3,(H,21,22,23)/t17-,18-/m0/s1. The van der Waals surface area contributed by atoms with Gasteiger partial charge in [0.25, 0.3) is 0 Å². The van der Waals surface area contributed by atoms with Crippen LogP contribution in [0, 0.1) is 13.8 Å². The Bertz CT molecular complexity index is 869. The molecule has 0 amide bonds. The Morgan fingerprint density at radius 3 is 2.54 bits per heavy atom. The Kier molecular flexibility index (Phi) is 3.88. The minimum absolute atomic E-state index is 0.184. The Hall–Kier alpha value is -2.14. The first kappa shape index (κ1) is 15.4. The third-order valence-corrected chi connectivity index (χ3v) is 5.35. The highest BCUT2D eigenvalue weighted by molar-refractivity contribution is 9.10. The van der Waals surface area contributed by atoms with E-state index in [1.807, 2.05) is 4.68 Å². The summed E-state index contributed by atoms with van der Waals surface area (Å²) in [6.07, 6.45) is 2.57. The van der Waals surface area contributed by atoms with Gasteiger partial charge in [0, 0.05) is 4.47 Å². The van der Waals surface area contributed by atoms with E-state index in [9.17, 15) is 0 Å². The smallest absolute Gasteiger partial charge is 0.222 e. The molecular formula is C19H19BrN4. The third kappa shape index (κ3) is 2.73. The van der Waals surface area contributed by atoms with Gasteiger partial charge in [0.05, 0.1) is 12.1 Å². The summed E-state index contributed by atoms with van der Waals surface area (Å²) in [6.45, 7) is 4.31. The highest BCUT2D eigenvalue weighted by Gasteiger charge is 2.29. The molecule has 1 N–H and O–H groups in total. The van der Waals surface area contributed by atoms with Crippen LogP contribution in [-0.4, -0.2) is 14.8 Å². The molecule has 0 unspecified atom stereocenters. The van der Waals surface area contributed by atoms with Crippen molar-refractivity contribution in [3.05, 3.63) is 75.5 Å². The molecule has 0 radical (unpaired) electrons. The van der Waals surface area contributed by atoms with Gasteiger partial charge in [-0.1, -0.05) is 46.3 Å². The van der Waals surface area contributed by atoms with Crippen LogP contribution in [0.3, 0.4) is 0 Å². The molecule has 1 aliphatic rings. The fraction of sp³-hybridized carbons (Fsp3) is 0.263. The predicted octanol–water partition coefficient (Wildman–Crippen LogP) is 4.80. The van der Waals surface area contributed by atoms with Crippen molar-refractivity contribution in [1.29, 1.82) is 0 Å². The van der Waals surface area contributed by atoms with Crippen molar-refractivity contribution >= 4 is 21.9 Å². The Balaban J connectivity index is 1.72. The monoisotopic (exact) mass is 382 g/mol. The number of rotatable bonds is 2. The molecule has 24 heavy (non-hydrogen) atoms. The molecule has 1 aromatic heterocycles. The van der Waals surface area contributed by atoms with E-state index in [0.717, 1.165) is 16.8 Å². The normalized spacial score (nSPS) is 19.6. The summed E-state index contributed by atoms with van der Waals surface area (Å²) in [7, 11) is 0. The minimum Gasteiger partial charge on any atom is -0.348 e. The number of hydrogen-bond acceptors (Lipinski definition) is 3. The number of hydrogen-bond donors (Lipinski definition) is 1. The van der Waals surface area contributed by atoms with Crippen molar-refractivity contribution in [3.63, 3.8) is 0 Å². The Morgan fingerprint density at radius 2 is 1.79 bits per heavy atom. The van der Waals surface area contributed by atoms with Crippen LogP contribution < -0.4 is 5.32 Å². The van der Waals surface area contributed by atoms with Gasteiger partial charge >= 0.3 is 0 Å². The lowest BCUT2D eigenvalue weighted by atomic mass is 9.92. The van der Waals surface area contributed by atoms with Gasteiger partial charge in [0.15, 0.2) is 0 Å². The molecule has 0 fully saturated rings. The zero-order valence-electron chi connectivity index (χ0n) is 13.7. The molecule has 122 valence electrons. The molecule has 0 saturated carbocycles. The maximum absolute atomic E-state index is 4.43. The van der Waals surface area contributed by atoms with E-state index in [2.05, 4.69) is 87.6 Å². The molecule has 0 saturated heterocycles. The molecule has 2 heterocycles. The van der Waals surface area contributed by atoms with Crippen molar-refractivity contribution in [2.75, 3.05) is 5.32 Å². The van der Waals surface area contributed by atoms with Gasteiger partial charge < -0.3 is 5.32 Å². The topological polar surface area (TPSA) is 42.7 Å². The molecule has 4 nitrogen and oxygen atoms in total. The highest BCUT2D eigenvalue weighted by atomic mass is 79.9. The number of benzene rings is 2. The van der Waals surface area contributed by atoms with Crippen LogP contribution in [0.5, 0.6) is 0 Å². The van der Waals surface area contributed by atoms with Gasteiger partial charge in [-0.3, -0.25) is 0 Å². The zero-order valence-corrected chi connectivity index (χ0v) is 15.3. The summed E-state index contributed by atoms with van der Waals surface area (Å²) >= 11 is 3.51. The maximum Gasteiger partial charge on any atom is 0.222 e. The summed E-state index contributed by atoms with van der Waals surface area (Å²) in [5, 5.41) is 7.96. The van der Waals surface area contributed by atoms with Crippen molar-refractivity contribution in [2.45, 2.75) is 32.4 Å². The minimum atomic E-state index is 0.184. The second-order valence-electron chi connectivity index (χ2n) is 6.37. The van der Waals surface area contributed by atoms with E-state index in [1.165, 1.54) is 22.3 Å². The van der Waals surface area contributed by atoms with Gasteiger partial charge in [0.1, 0.15) is 6.33 Å². The average molecular weight is 383 g/mol. The second kappa shape index (κ2) is 6.06. The van der Waals surface area contributed by atoms with Gasteiger partial charge in [0.2, 0.25) is 5.95 Å². The largest absolute Gasteiger partial charge is 0.348 e. The van der Waals surface area contributed by atoms with E-state index in [0.29, 0.717) is 0 Å². The van der Waals surface area contributed by atoms with E-state index in [1.54, 1.807) is 6.33 Å². The lowest BCUT2D eigenvalue weighted by Gasteiger charge is -2.32. The second-order valence-corrected chi connectivity index (χ2v) is 7.29. The number of nitrogens with zero attached hydrogens (tertiary/aromatic N) is 3. The summed E-state index contributed by atoms with van der Waals surface area (Å²) in [5.41, 5.74) is 5.19. The third-order valence-electron chi connectivity index (χ3n) is 4.82. The molecule has 5 heteroatoms. The van der Waals surface area contributed by atoms with Gasteiger partial charge in [-0.2, -0.15) is 10.1 Å². The number of halogens is 1. The van der Waals surface area contributed by atoms with Crippen molar-refractivity contribution in [3.8, 4) is 0 Å². The Morgan fingerprint density at radius 1 is 1.04 bits per heavy atom. The summed E-state index contributed by atoms with van der Waals surface area (Å²) < 4.78 is 3.07. The molecule has 1 aliphatic heterocycles.